The summed E-state index contributed by atoms with van der Waals surface area (Å²) in [6.45, 7) is 7.25. The van der Waals surface area contributed by atoms with E-state index in [9.17, 15) is 14.4 Å². The molecule has 8 heteroatoms. The molecule has 1 unspecified atom stereocenters. The van der Waals surface area contributed by atoms with Crippen LogP contribution in [0.25, 0.3) is 0 Å². The Morgan fingerprint density at radius 3 is 2.30 bits per heavy atom. The number of nitrogens with two attached hydrogens (primary N) is 1. The third kappa shape index (κ3) is 4.81. The molecule has 1 fully saturated rings. The number of likely N-dealkylation sites (tertiary alicyclic amines) is 1. The zero-order valence-electron chi connectivity index (χ0n) is 16.2. The van der Waals surface area contributed by atoms with Crippen molar-refractivity contribution in [2.24, 2.45) is 5.73 Å². The first-order valence-electron chi connectivity index (χ1n) is 8.91. The Morgan fingerprint density at radius 2 is 1.78 bits per heavy atom. The maximum Gasteiger partial charge on any atom is 0.410 e. The van der Waals surface area contributed by atoms with Gasteiger partial charge >= 0.3 is 6.09 Å². The van der Waals surface area contributed by atoms with Crippen LogP contribution in [0.4, 0.5) is 4.79 Å². The predicted molar refractivity (Wildman–Crippen MR) is 102 cm³/mol. The summed E-state index contributed by atoms with van der Waals surface area (Å²) in [6, 6.07) is 5.82. The second-order valence-electron chi connectivity index (χ2n) is 7.93. The molecule has 1 aliphatic heterocycles. The van der Waals surface area contributed by atoms with Gasteiger partial charge in [0, 0.05) is 6.54 Å². The van der Waals surface area contributed by atoms with Crippen LogP contribution in [-0.4, -0.2) is 48.8 Å². The summed E-state index contributed by atoms with van der Waals surface area (Å²) < 4.78 is 5.38. The normalized spacial score (nSPS) is 19.3. The van der Waals surface area contributed by atoms with Crippen LogP contribution in [-0.2, 0) is 19.9 Å². The molecule has 144 valence electrons. The van der Waals surface area contributed by atoms with Crippen molar-refractivity contribution in [3.8, 4) is 0 Å². The van der Waals surface area contributed by atoms with E-state index in [1.165, 1.54) is 11.8 Å². The van der Waals surface area contributed by atoms with Crippen molar-refractivity contribution in [2.75, 3.05) is 6.54 Å². The number of hydrogen-bond donors (Lipinski definition) is 2. The van der Waals surface area contributed by atoms with E-state index in [2.05, 4.69) is 5.32 Å². The topological polar surface area (TPSA) is 102 Å². The van der Waals surface area contributed by atoms with Gasteiger partial charge in [-0.3, -0.25) is 14.5 Å². The summed E-state index contributed by atoms with van der Waals surface area (Å²) in [5.74, 6) is -1.15. The third-order valence-electron chi connectivity index (χ3n) is 4.54. The fraction of sp³-hybridized carbons (Fsp3) is 0.526. The van der Waals surface area contributed by atoms with Crippen LogP contribution >= 0.6 is 0 Å². The number of carbonyl (C=O) groups excluding carboxylic acids is 3. The van der Waals surface area contributed by atoms with E-state index in [-0.39, 0.29) is 0 Å². The molecule has 0 aromatic heterocycles. The van der Waals surface area contributed by atoms with Gasteiger partial charge in [0.1, 0.15) is 25.0 Å². The highest BCUT2D eigenvalue weighted by molar-refractivity contribution is 6.32. The lowest BCUT2D eigenvalue weighted by Crippen LogP contribution is -2.57. The Kier molecular flexibility index (Phi) is 5.87. The average Bonchev–Trinajstić information content (AvgIpc) is 3.03. The summed E-state index contributed by atoms with van der Waals surface area (Å²) in [6.07, 6.45) is 0.613. The molecule has 0 saturated carbocycles. The molecule has 1 aromatic rings. The zero-order valence-corrected chi connectivity index (χ0v) is 16.2. The molecule has 3 N–H and O–H groups in total. The van der Waals surface area contributed by atoms with Gasteiger partial charge in [0.2, 0.25) is 11.8 Å². The monoisotopic (exact) mass is 371 g/mol. The molecule has 0 spiro atoms. The molecule has 2 rings (SSSR count). The Balaban J connectivity index is 2.20. The number of nitrogens with one attached hydrogen (secondary N) is 1. The highest BCUT2D eigenvalue weighted by Gasteiger charge is 2.41. The van der Waals surface area contributed by atoms with Crippen molar-refractivity contribution >= 4 is 31.2 Å². The van der Waals surface area contributed by atoms with Crippen molar-refractivity contribution in [2.45, 2.75) is 57.7 Å². The molecule has 1 saturated heterocycles. The molecule has 1 aliphatic rings. The lowest BCUT2D eigenvalue weighted by Gasteiger charge is -2.32. The molecule has 7 nitrogen and oxygen atoms in total. The van der Waals surface area contributed by atoms with Crippen LogP contribution in [0.1, 0.15) is 46.1 Å². The maximum atomic E-state index is 12.9. The molecule has 0 bridgehead atoms. The Labute approximate surface area is 161 Å². The van der Waals surface area contributed by atoms with Gasteiger partial charge in [-0.25, -0.2) is 4.79 Å². The second-order valence-corrected chi connectivity index (χ2v) is 7.93. The number of amides is 3. The van der Waals surface area contributed by atoms with E-state index in [1.807, 2.05) is 0 Å². The number of nitrogens with zero attached hydrogens (tertiary/aromatic N) is 1. The molecule has 27 heavy (non-hydrogen) atoms. The minimum Gasteiger partial charge on any atom is -0.444 e. The van der Waals surface area contributed by atoms with E-state index in [4.69, 9.17) is 18.3 Å². The Morgan fingerprint density at radius 1 is 1.19 bits per heavy atom. The highest BCUT2D eigenvalue weighted by atomic mass is 16.6. The van der Waals surface area contributed by atoms with Crippen LogP contribution in [0, 0.1) is 0 Å². The molecule has 3 amide bonds. The van der Waals surface area contributed by atoms with E-state index in [0.717, 1.165) is 0 Å². The van der Waals surface area contributed by atoms with Crippen molar-refractivity contribution in [1.29, 1.82) is 0 Å². The van der Waals surface area contributed by atoms with Crippen LogP contribution in [0.5, 0.6) is 0 Å². The molecular weight excluding hydrogens is 345 g/mol. The van der Waals surface area contributed by atoms with Gasteiger partial charge < -0.3 is 15.8 Å². The van der Waals surface area contributed by atoms with E-state index in [1.54, 1.807) is 45.0 Å². The summed E-state index contributed by atoms with van der Waals surface area (Å²) in [5.41, 5.74) is 4.54. The van der Waals surface area contributed by atoms with Crippen molar-refractivity contribution < 1.29 is 19.1 Å². The highest BCUT2D eigenvalue weighted by Crippen LogP contribution is 2.24. The van der Waals surface area contributed by atoms with Crippen LogP contribution in [0.2, 0.25) is 0 Å². The average molecular weight is 371 g/mol. The van der Waals surface area contributed by atoms with Crippen molar-refractivity contribution in [3.63, 3.8) is 0 Å². The number of ether oxygens (including phenoxy) is 1. The SMILES string of the molecule is [B]c1ccc(C(C)(NC(=O)[C@@H]2CCCN2C(=O)OC(C)(C)C)C(N)=O)cc1. The maximum absolute atomic E-state index is 12.9. The molecular formula is C19H26BN3O4. The fourth-order valence-corrected chi connectivity index (χ4v) is 3.00. The number of rotatable bonds is 4. The third-order valence-corrected chi connectivity index (χ3v) is 4.54. The number of primary amides is 1. The van der Waals surface area contributed by atoms with E-state index >= 15 is 0 Å². The molecule has 2 radical (unpaired) electrons. The van der Waals surface area contributed by atoms with Crippen LogP contribution in [0.3, 0.4) is 0 Å². The quantitative estimate of drug-likeness (QED) is 0.761. The van der Waals surface area contributed by atoms with Gasteiger partial charge in [0.05, 0.1) is 0 Å². The lowest BCUT2D eigenvalue weighted by atomic mass is 9.87. The fourth-order valence-electron chi connectivity index (χ4n) is 3.00. The molecule has 1 heterocycles. The first-order valence-corrected chi connectivity index (χ1v) is 8.91. The minimum absolute atomic E-state index is 0.419. The first-order chi connectivity index (χ1) is 12.4. The summed E-state index contributed by atoms with van der Waals surface area (Å²) in [4.78, 5) is 38.8. The minimum atomic E-state index is -1.42. The first kappa shape index (κ1) is 20.8. The van der Waals surface area contributed by atoms with Gasteiger partial charge in [-0.1, -0.05) is 29.7 Å². The summed E-state index contributed by atoms with van der Waals surface area (Å²) in [5, 5.41) is 2.71. The van der Waals surface area contributed by atoms with Crippen molar-refractivity contribution in [1.82, 2.24) is 10.2 Å². The van der Waals surface area contributed by atoms with Gasteiger partial charge in [0.25, 0.3) is 0 Å². The Bertz CT molecular complexity index is 729. The molecule has 1 aromatic carbocycles. The molecule has 2 atom stereocenters. The van der Waals surface area contributed by atoms with Crippen molar-refractivity contribution in [3.05, 3.63) is 29.8 Å². The molecule has 0 aliphatic carbocycles. The van der Waals surface area contributed by atoms with Gasteiger partial charge in [-0.15, -0.1) is 0 Å². The predicted octanol–water partition coefficient (Wildman–Crippen LogP) is 0.697. The summed E-state index contributed by atoms with van der Waals surface area (Å²) in [7, 11) is 5.69. The standard InChI is InChI=1S/C19H26BN3O4/c1-18(2,3)27-17(26)23-11-5-6-14(23)15(24)22-19(4,16(21)25)12-7-9-13(20)10-8-12/h7-10,14H,5-6,11H2,1-4H3,(H2,21,25)(H,22,24)/t14-,19?/m0/s1. The summed E-state index contributed by atoms with van der Waals surface area (Å²) >= 11 is 0. The number of carbonyl (C=O) groups is 3. The number of benzene rings is 1. The van der Waals surface area contributed by atoms with Crippen LogP contribution in [0.15, 0.2) is 24.3 Å². The second kappa shape index (κ2) is 7.62. The zero-order chi connectivity index (χ0) is 20.4. The van der Waals surface area contributed by atoms with E-state index in [0.29, 0.717) is 30.4 Å². The largest absolute Gasteiger partial charge is 0.444 e. The Hall–Kier alpha value is -2.51. The van der Waals surface area contributed by atoms with E-state index < -0.39 is 35.1 Å². The lowest BCUT2D eigenvalue weighted by molar-refractivity contribution is -0.133. The van der Waals surface area contributed by atoms with Crippen LogP contribution < -0.4 is 16.5 Å². The number of hydrogen-bond acceptors (Lipinski definition) is 4. The van der Waals surface area contributed by atoms with Gasteiger partial charge in [-0.2, -0.15) is 0 Å². The van der Waals surface area contributed by atoms with Gasteiger partial charge in [-0.05, 0) is 46.1 Å². The smallest absolute Gasteiger partial charge is 0.410 e. The van der Waals surface area contributed by atoms with Gasteiger partial charge in [0.15, 0.2) is 0 Å².